The van der Waals surface area contributed by atoms with Gasteiger partial charge in [0.1, 0.15) is 0 Å². The Morgan fingerprint density at radius 2 is 1.94 bits per heavy atom. The first kappa shape index (κ1) is 15.4. The number of hydrogen-bond acceptors (Lipinski definition) is 2. The average Bonchev–Trinajstić information content (AvgIpc) is 2.33. The molecule has 0 aliphatic carbocycles. The monoisotopic (exact) mass is 267 g/mol. The van der Waals surface area contributed by atoms with Crippen LogP contribution in [0.2, 0.25) is 0 Å². The van der Waals surface area contributed by atoms with Gasteiger partial charge < -0.3 is 5.32 Å². The maximum absolute atomic E-state index is 12.3. The number of hydrogen-bond donors (Lipinski definition) is 1. The van der Waals surface area contributed by atoms with Gasteiger partial charge in [0.15, 0.2) is 0 Å². The minimum absolute atomic E-state index is 0.363. The molecule has 3 heteroatoms. The summed E-state index contributed by atoms with van der Waals surface area (Å²) in [5.41, 5.74) is 2.48. The Balaban J connectivity index is 2.70. The van der Waals surface area contributed by atoms with Gasteiger partial charge in [0.25, 0.3) is 0 Å². The number of aryl methyl sites for hydroxylation is 2. The van der Waals surface area contributed by atoms with E-state index in [1.54, 1.807) is 0 Å². The van der Waals surface area contributed by atoms with Crippen molar-refractivity contribution in [1.82, 2.24) is 5.32 Å². The van der Waals surface area contributed by atoms with Crippen LogP contribution in [0.15, 0.2) is 23.1 Å². The van der Waals surface area contributed by atoms with Crippen LogP contribution in [-0.4, -0.2) is 22.5 Å². The van der Waals surface area contributed by atoms with Gasteiger partial charge in [-0.15, -0.1) is 0 Å². The summed E-state index contributed by atoms with van der Waals surface area (Å²) in [6, 6.07) is 6.47. The molecule has 1 aromatic rings. The van der Waals surface area contributed by atoms with E-state index in [0.717, 1.165) is 24.3 Å². The Hall–Kier alpha value is -0.670. The predicted octanol–water partition coefficient (Wildman–Crippen LogP) is 3.19. The van der Waals surface area contributed by atoms with Crippen LogP contribution in [0.4, 0.5) is 0 Å². The van der Waals surface area contributed by atoms with Gasteiger partial charge in [-0.25, -0.2) is 0 Å². The zero-order valence-electron chi connectivity index (χ0n) is 12.0. The molecular weight excluding hydrogens is 242 g/mol. The molecule has 0 heterocycles. The van der Waals surface area contributed by atoms with Gasteiger partial charge in [-0.1, -0.05) is 26.3 Å². The molecule has 0 bridgehead atoms. The number of rotatable bonds is 7. The minimum Gasteiger partial charge on any atom is -0.313 e. The summed E-state index contributed by atoms with van der Waals surface area (Å²) in [7, 11) is -0.898. The molecular formula is C15H25NOS. The largest absolute Gasteiger partial charge is 0.313 e. The van der Waals surface area contributed by atoms with Crippen molar-refractivity contribution in [3.05, 3.63) is 29.3 Å². The Morgan fingerprint density at radius 3 is 2.50 bits per heavy atom. The maximum Gasteiger partial charge on any atom is 0.0545 e. The van der Waals surface area contributed by atoms with Crippen molar-refractivity contribution in [3.8, 4) is 0 Å². The van der Waals surface area contributed by atoms with Crippen molar-refractivity contribution in [1.29, 1.82) is 0 Å². The van der Waals surface area contributed by atoms with E-state index in [2.05, 4.69) is 45.1 Å². The number of benzene rings is 1. The molecule has 1 rings (SSSR count). The highest BCUT2D eigenvalue weighted by Crippen LogP contribution is 2.14. The summed E-state index contributed by atoms with van der Waals surface area (Å²) in [5.74, 6) is 0.712. The molecule has 1 N–H and O–H groups in total. The fourth-order valence-corrected chi connectivity index (χ4v) is 3.39. The molecule has 0 aliphatic heterocycles. The van der Waals surface area contributed by atoms with E-state index in [0.29, 0.717) is 11.8 Å². The summed E-state index contributed by atoms with van der Waals surface area (Å²) in [5, 5.41) is 3.42. The fraction of sp³-hybridized carbons (Fsp3) is 0.600. The Bertz CT molecular complexity index is 397. The van der Waals surface area contributed by atoms with Crippen LogP contribution in [0.25, 0.3) is 0 Å². The van der Waals surface area contributed by atoms with Gasteiger partial charge >= 0.3 is 0 Å². The van der Waals surface area contributed by atoms with Crippen LogP contribution in [-0.2, 0) is 10.8 Å². The first-order chi connectivity index (χ1) is 8.58. The molecule has 0 saturated heterocycles. The van der Waals surface area contributed by atoms with Crippen molar-refractivity contribution in [3.63, 3.8) is 0 Å². The van der Waals surface area contributed by atoms with E-state index in [1.165, 1.54) is 11.1 Å². The zero-order valence-corrected chi connectivity index (χ0v) is 12.8. The fourth-order valence-electron chi connectivity index (χ4n) is 2.02. The smallest absolute Gasteiger partial charge is 0.0545 e. The SMILES string of the molecule is CCCC(CS(=O)c1ccc(C)c(C)c1)NCC. The molecule has 0 aromatic heterocycles. The van der Waals surface area contributed by atoms with Gasteiger partial charge in [0, 0.05) is 16.7 Å². The molecule has 2 atom stereocenters. The lowest BCUT2D eigenvalue weighted by Gasteiger charge is -2.16. The van der Waals surface area contributed by atoms with Crippen molar-refractivity contribution < 1.29 is 4.21 Å². The second kappa shape index (κ2) is 7.70. The van der Waals surface area contributed by atoms with E-state index in [9.17, 15) is 4.21 Å². The molecule has 0 radical (unpaired) electrons. The first-order valence-corrected chi connectivity index (χ1v) is 8.09. The van der Waals surface area contributed by atoms with E-state index in [1.807, 2.05) is 6.07 Å². The van der Waals surface area contributed by atoms with Crippen LogP contribution in [0.1, 0.15) is 37.8 Å². The summed E-state index contributed by atoms with van der Waals surface area (Å²) in [6.45, 7) is 9.37. The van der Waals surface area contributed by atoms with E-state index >= 15 is 0 Å². The Kier molecular flexibility index (Phi) is 6.58. The standard InChI is InChI=1S/C15H25NOS/c1-5-7-14(16-6-2)11-18(17)15-9-8-12(3)13(4)10-15/h8-10,14,16H,5-7,11H2,1-4H3. The zero-order chi connectivity index (χ0) is 13.5. The summed E-state index contributed by atoms with van der Waals surface area (Å²) < 4.78 is 12.3. The normalized spacial score (nSPS) is 14.4. The Labute approximate surface area is 114 Å². The summed E-state index contributed by atoms with van der Waals surface area (Å²) in [6.07, 6.45) is 2.21. The maximum atomic E-state index is 12.3. The highest BCUT2D eigenvalue weighted by molar-refractivity contribution is 7.85. The second-order valence-electron chi connectivity index (χ2n) is 4.80. The second-order valence-corrected chi connectivity index (χ2v) is 6.30. The van der Waals surface area contributed by atoms with E-state index in [-0.39, 0.29) is 0 Å². The predicted molar refractivity (Wildman–Crippen MR) is 79.6 cm³/mol. The van der Waals surface area contributed by atoms with Crippen LogP contribution in [0.3, 0.4) is 0 Å². The van der Waals surface area contributed by atoms with Gasteiger partial charge in [-0.2, -0.15) is 0 Å². The molecule has 2 unspecified atom stereocenters. The van der Waals surface area contributed by atoms with Crippen LogP contribution in [0.5, 0.6) is 0 Å². The summed E-state index contributed by atoms with van der Waals surface area (Å²) >= 11 is 0. The third kappa shape index (κ3) is 4.54. The lowest BCUT2D eigenvalue weighted by molar-refractivity contribution is 0.525. The van der Waals surface area contributed by atoms with Crippen LogP contribution in [0, 0.1) is 13.8 Å². The van der Waals surface area contributed by atoms with Crippen LogP contribution >= 0.6 is 0 Å². The van der Waals surface area contributed by atoms with Gasteiger partial charge in [0.2, 0.25) is 0 Å². The van der Waals surface area contributed by atoms with E-state index < -0.39 is 10.8 Å². The molecule has 0 aliphatic rings. The van der Waals surface area contributed by atoms with Gasteiger partial charge in [-0.05, 0) is 50.1 Å². The lowest BCUT2D eigenvalue weighted by atomic mass is 10.1. The van der Waals surface area contributed by atoms with Gasteiger partial charge in [0.05, 0.1) is 10.8 Å². The highest BCUT2D eigenvalue weighted by Gasteiger charge is 2.12. The first-order valence-electron chi connectivity index (χ1n) is 6.77. The molecule has 102 valence electrons. The molecule has 1 aromatic carbocycles. The van der Waals surface area contributed by atoms with Crippen molar-refractivity contribution in [2.75, 3.05) is 12.3 Å². The van der Waals surface area contributed by atoms with Crippen LogP contribution < -0.4 is 5.32 Å². The highest BCUT2D eigenvalue weighted by atomic mass is 32.2. The third-order valence-electron chi connectivity index (χ3n) is 3.22. The molecule has 18 heavy (non-hydrogen) atoms. The minimum atomic E-state index is -0.898. The third-order valence-corrected chi connectivity index (χ3v) is 4.71. The van der Waals surface area contributed by atoms with Crippen molar-refractivity contribution >= 4 is 10.8 Å². The van der Waals surface area contributed by atoms with Crippen molar-refractivity contribution in [2.24, 2.45) is 0 Å². The molecule has 2 nitrogen and oxygen atoms in total. The van der Waals surface area contributed by atoms with Gasteiger partial charge in [-0.3, -0.25) is 4.21 Å². The molecule has 0 spiro atoms. The summed E-state index contributed by atoms with van der Waals surface area (Å²) in [4.78, 5) is 0.956. The number of nitrogens with one attached hydrogen (secondary N) is 1. The molecule has 0 amide bonds. The molecule has 0 fully saturated rings. The van der Waals surface area contributed by atoms with E-state index in [4.69, 9.17) is 0 Å². The Morgan fingerprint density at radius 1 is 1.22 bits per heavy atom. The topological polar surface area (TPSA) is 29.1 Å². The average molecular weight is 267 g/mol. The molecule has 0 saturated carbocycles. The lowest BCUT2D eigenvalue weighted by Crippen LogP contribution is -2.33. The van der Waals surface area contributed by atoms with Crippen molar-refractivity contribution in [2.45, 2.75) is 51.5 Å². The quantitative estimate of drug-likeness (QED) is 0.822.